The van der Waals surface area contributed by atoms with Crippen LogP contribution in [0, 0.1) is 0 Å². The van der Waals surface area contributed by atoms with E-state index in [9.17, 15) is 4.79 Å². The Balaban J connectivity index is 2.13. The third kappa shape index (κ3) is 3.07. The van der Waals surface area contributed by atoms with Crippen LogP contribution in [0.3, 0.4) is 0 Å². The van der Waals surface area contributed by atoms with Crippen molar-refractivity contribution in [2.75, 3.05) is 18.9 Å². The topological polar surface area (TPSA) is 55.6 Å². The normalized spacial score (nSPS) is 16.7. The van der Waals surface area contributed by atoms with E-state index in [1.165, 1.54) is 11.1 Å². The van der Waals surface area contributed by atoms with Gasteiger partial charge in [0.2, 0.25) is 0 Å². The molecular weight excluding hydrogens is 240 g/mol. The van der Waals surface area contributed by atoms with Gasteiger partial charge < -0.3 is 10.5 Å². The van der Waals surface area contributed by atoms with Crippen LogP contribution in [-0.4, -0.2) is 30.1 Å². The predicted molar refractivity (Wildman–Crippen MR) is 75.7 cm³/mol. The van der Waals surface area contributed by atoms with Crippen LogP contribution in [0.2, 0.25) is 0 Å². The highest BCUT2D eigenvalue weighted by atomic mass is 16.5. The van der Waals surface area contributed by atoms with E-state index in [0.717, 1.165) is 31.6 Å². The molecule has 19 heavy (non-hydrogen) atoms. The molecule has 1 atom stereocenters. The Morgan fingerprint density at radius 1 is 1.42 bits per heavy atom. The molecule has 0 fully saturated rings. The fourth-order valence-electron chi connectivity index (χ4n) is 2.68. The van der Waals surface area contributed by atoms with Crippen molar-refractivity contribution in [3.05, 3.63) is 29.3 Å². The van der Waals surface area contributed by atoms with Crippen LogP contribution >= 0.6 is 0 Å². The number of anilines is 1. The summed E-state index contributed by atoms with van der Waals surface area (Å²) in [4.78, 5) is 14.2. The third-order valence-electron chi connectivity index (χ3n) is 3.66. The van der Waals surface area contributed by atoms with Crippen LogP contribution in [0.25, 0.3) is 0 Å². The van der Waals surface area contributed by atoms with E-state index >= 15 is 0 Å². The molecule has 1 heterocycles. The molecule has 0 aromatic heterocycles. The standard InChI is InChI=1S/C15H22N2O2/c1-3-14(15(18)19-4-2)17-8-7-11-5-6-13(16)9-12(11)10-17/h5-6,9,14H,3-4,7-8,10,16H2,1-2H3. The maximum atomic E-state index is 12.0. The van der Waals surface area contributed by atoms with Crippen LogP contribution in [0.5, 0.6) is 0 Å². The molecule has 1 unspecified atom stereocenters. The van der Waals surface area contributed by atoms with Gasteiger partial charge in [-0.15, -0.1) is 0 Å². The zero-order valence-corrected chi connectivity index (χ0v) is 11.7. The lowest BCUT2D eigenvalue weighted by molar-refractivity contribution is -0.150. The van der Waals surface area contributed by atoms with Gasteiger partial charge >= 0.3 is 5.97 Å². The Hall–Kier alpha value is -1.55. The number of benzene rings is 1. The molecule has 0 saturated heterocycles. The number of fused-ring (bicyclic) bond motifs is 1. The van der Waals surface area contributed by atoms with Crippen molar-refractivity contribution in [2.45, 2.75) is 39.3 Å². The number of hydrogen-bond acceptors (Lipinski definition) is 4. The summed E-state index contributed by atoms with van der Waals surface area (Å²) in [6, 6.07) is 5.90. The fraction of sp³-hybridized carbons (Fsp3) is 0.533. The summed E-state index contributed by atoms with van der Waals surface area (Å²) >= 11 is 0. The van der Waals surface area contributed by atoms with Crippen molar-refractivity contribution in [3.63, 3.8) is 0 Å². The first-order valence-corrected chi connectivity index (χ1v) is 6.93. The third-order valence-corrected chi connectivity index (χ3v) is 3.66. The Morgan fingerprint density at radius 2 is 2.21 bits per heavy atom. The molecule has 1 aliphatic heterocycles. The van der Waals surface area contributed by atoms with Crippen LogP contribution in [0.4, 0.5) is 5.69 Å². The number of carbonyl (C=O) groups is 1. The summed E-state index contributed by atoms with van der Waals surface area (Å²) in [5.74, 6) is -0.114. The lowest BCUT2D eigenvalue weighted by Crippen LogP contribution is -2.44. The highest BCUT2D eigenvalue weighted by Crippen LogP contribution is 2.23. The molecule has 4 heteroatoms. The van der Waals surface area contributed by atoms with Gasteiger partial charge in [0.25, 0.3) is 0 Å². The van der Waals surface area contributed by atoms with Gasteiger partial charge in [0.1, 0.15) is 6.04 Å². The molecule has 0 radical (unpaired) electrons. The smallest absolute Gasteiger partial charge is 0.323 e. The maximum absolute atomic E-state index is 12.0. The lowest BCUT2D eigenvalue weighted by atomic mass is 9.97. The summed E-state index contributed by atoms with van der Waals surface area (Å²) in [5, 5.41) is 0. The number of nitrogen functional groups attached to an aromatic ring is 1. The first kappa shape index (κ1) is 13.9. The van der Waals surface area contributed by atoms with E-state index < -0.39 is 0 Å². The highest BCUT2D eigenvalue weighted by molar-refractivity contribution is 5.75. The number of hydrogen-bond donors (Lipinski definition) is 1. The van der Waals surface area contributed by atoms with Crippen LogP contribution in [0.15, 0.2) is 18.2 Å². The molecule has 2 N–H and O–H groups in total. The Morgan fingerprint density at radius 3 is 2.89 bits per heavy atom. The molecule has 1 aromatic carbocycles. The summed E-state index contributed by atoms with van der Waals surface area (Å²) < 4.78 is 5.15. The molecule has 1 aromatic rings. The molecule has 0 bridgehead atoms. The summed E-state index contributed by atoms with van der Waals surface area (Å²) in [5.41, 5.74) is 9.18. The largest absolute Gasteiger partial charge is 0.465 e. The van der Waals surface area contributed by atoms with Crippen molar-refractivity contribution in [2.24, 2.45) is 0 Å². The molecular formula is C15H22N2O2. The van der Waals surface area contributed by atoms with Gasteiger partial charge in [-0.2, -0.15) is 0 Å². The maximum Gasteiger partial charge on any atom is 0.323 e. The first-order valence-electron chi connectivity index (χ1n) is 6.93. The van der Waals surface area contributed by atoms with Crippen LogP contribution in [-0.2, 0) is 22.5 Å². The second-order valence-corrected chi connectivity index (χ2v) is 4.92. The van der Waals surface area contributed by atoms with Gasteiger partial charge in [0, 0.05) is 18.8 Å². The van der Waals surface area contributed by atoms with E-state index in [0.29, 0.717) is 6.61 Å². The van der Waals surface area contributed by atoms with Gasteiger partial charge in [-0.3, -0.25) is 9.69 Å². The summed E-state index contributed by atoms with van der Waals surface area (Å²) in [6.45, 7) is 5.98. The van der Waals surface area contributed by atoms with Gasteiger partial charge in [-0.1, -0.05) is 13.0 Å². The first-order chi connectivity index (χ1) is 9.15. The van der Waals surface area contributed by atoms with Gasteiger partial charge in [-0.05, 0) is 43.0 Å². The Kier molecular flexibility index (Phi) is 4.43. The SMILES string of the molecule is CCOC(=O)C(CC)N1CCc2ccc(N)cc2C1. The molecule has 1 aliphatic rings. The van der Waals surface area contributed by atoms with E-state index in [-0.39, 0.29) is 12.0 Å². The second-order valence-electron chi connectivity index (χ2n) is 4.92. The Labute approximate surface area is 114 Å². The van der Waals surface area contributed by atoms with Crippen molar-refractivity contribution >= 4 is 11.7 Å². The van der Waals surface area contributed by atoms with E-state index in [1.54, 1.807) is 0 Å². The van der Waals surface area contributed by atoms with Gasteiger partial charge in [0.05, 0.1) is 6.61 Å². The van der Waals surface area contributed by atoms with E-state index in [4.69, 9.17) is 10.5 Å². The zero-order chi connectivity index (χ0) is 13.8. The van der Waals surface area contributed by atoms with Crippen LogP contribution < -0.4 is 5.73 Å². The summed E-state index contributed by atoms with van der Waals surface area (Å²) in [6.07, 6.45) is 1.74. The van der Waals surface area contributed by atoms with Crippen molar-refractivity contribution in [1.82, 2.24) is 4.90 Å². The van der Waals surface area contributed by atoms with Crippen LogP contribution in [0.1, 0.15) is 31.4 Å². The number of ether oxygens (including phenoxy) is 1. The molecule has 4 nitrogen and oxygen atoms in total. The monoisotopic (exact) mass is 262 g/mol. The Bertz CT molecular complexity index is 459. The lowest BCUT2D eigenvalue weighted by Gasteiger charge is -2.33. The minimum absolute atomic E-state index is 0.114. The second kappa shape index (κ2) is 6.06. The number of carbonyl (C=O) groups excluding carboxylic acids is 1. The molecule has 2 rings (SSSR count). The molecule has 104 valence electrons. The molecule has 0 amide bonds. The van der Waals surface area contributed by atoms with E-state index in [2.05, 4.69) is 11.0 Å². The average molecular weight is 262 g/mol. The number of rotatable bonds is 4. The van der Waals surface area contributed by atoms with Gasteiger partial charge in [0.15, 0.2) is 0 Å². The molecule has 0 aliphatic carbocycles. The average Bonchev–Trinajstić information content (AvgIpc) is 2.39. The quantitative estimate of drug-likeness (QED) is 0.666. The fourth-order valence-corrected chi connectivity index (χ4v) is 2.68. The number of nitrogens with zero attached hydrogens (tertiary/aromatic N) is 1. The summed E-state index contributed by atoms with van der Waals surface area (Å²) in [7, 11) is 0. The van der Waals surface area contributed by atoms with E-state index in [1.807, 2.05) is 26.0 Å². The molecule has 0 saturated carbocycles. The van der Waals surface area contributed by atoms with Crippen molar-refractivity contribution in [1.29, 1.82) is 0 Å². The minimum Gasteiger partial charge on any atom is -0.465 e. The number of esters is 1. The van der Waals surface area contributed by atoms with Gasteiger partial charge in [-0.25, -0.2) is 0 Å². The van der Waals surface area contributed by atoms with Crippen molar-refractivity contribution < 1.29 is 9.53 Å². The molecule has 0 spiro atoms. The number of nitrogens with two attached hydrogens (primary N) is 1. The highest BCUT2D eigenvalue weighted by Gasteiger charge is 2.28. The van der Waals surface area contributed by atoms with Crippen molar-refractivity contribution in [3.8, 4) is 0 Å². The predicted octanol–water partition coefficient (Wildman–Crippen LogP) is 1.97. The zero-order valence-electron chi connectivity index (χ0n) is 11.7. The minimum atomic E-state index is -0.144.